The monoisotopic (exact) mass is 330 g/mol. The predicted molar refractivity (Wildman–Crippen MR) is 91.9 cm³/mol. The van der Waals surface area contributed by atoms with Crippen molar-refractivity contribution in [2.45, 2.75) is 0 Å². The van der Waals surface area contributed by atoms with Crippen molar-refractivity contribution < 1.29 is 9.47 Å². The van der Waals surface area contributed by atoms with Crippen LogP contribution in [0.15, 0.2) is 41.5 Å². The number of imidazole rings is 1. The average molecular weight is 331 g/mol. The molecule has 0 amide bonds. The maximum atomic E-state index is 6.13. The van der Waals surface area contributed by atoms with Crippen molar-refractivity contribution in [3.05, 3.63) is 47.0 Å². The van der Waals surface area contributed by atoms with Crippen LogP contribution in [0.25, 0.3) is 11.0 Å². The molecule has 0 unspecified atom stereocenters. The molecule has 118 valence electrons. The van der Waals surface area contributed by atoms with Gasteiger partial charge in [0.05, 0.1) is 36.5 Å². The van der Waals surface area contributed by atoms with E-state index < -0.39 is 0 Å². The van der Waals surface area contributed by atoms with Crippen LogP contribution in [0.4, 0.5) is 5.95 Å². The number of methoxy groups -OCH3 is 2. The lowest BCUT2D eigenvalue weighted by molar-refractivity contribution is 0.394. The van der Waals surface area contributed by atoms with Gasteiger partial charge in [0, 0.05) is 11.6 Å². The molecule has 0 radical (unpaired) electrons. The first-order valence-electron chi connectivity index (χ1n) is 6.86. The number of hydrazone groups is 1. The van der Waals surface area contributed by atoms with Crippen molar-refractivity contribution in [2.75, 3.05) is 19.6 Å². The summed E-state index contributed by atoms with van der Waals surface area (Å²) in [6.07, 6.45) is 1.61. The molecular weight excluding hydrogens is 316 g/mol. The normalized spacial score (nSPS) is 11.1. The zero-order valence-corrected chi connectivity index (χ0v) is 13.4. The molecule has 2 N–H and O–H groups in total. The summed E-state index contributed by atoms with van der Waals surface area (Å²) in [6, 6.07) is 11.2. The molecule has 0 atom stereocenters. The number of anilines is 1. The van der Waals surface area contributed by atoms with E-state index in [2.05, 4.69) is 20.5 Å². The van der Waals surface area contributed by atoms with Gasteiger partial charge in [0.15, 0.2) is 0 Å². The number of fused-ring (bicyclic) bond motifs is 1. The number of halogens is 1. The summed E-state index contributed by atoms with van der Waals surface area (Å²) in [6.45, 7) is 0. The number of para-hydroxylation sites is 2. The van der Waals surface area contributed by atoms with Crippen LogP contribution in [0.3, 0.4) is 0 Å². The van der Waals surface area contributed by atoms with Gasteiger partial charge in [-0.15, -0.1) is 0 Å². The van der Waals surface area contributed by atoms with E-state index in [1.54, 1.807) is 32.6 Å². The van der Waals surface area contributed by atoms with Crippen LogP contribution in [0.1, 0.15) is 5.56 Å². The topological polar surface area (TPSA) is 71.5 Å². The zero-order chi connectivity index (χ0) is 16.2. The lowest BCUT2D eigenvalue weighted by Gasteiger charge is -2.09. The van der Waals surface area contributed by atoms with E-state index in [9.17, 15) is 0 Å². The van der Waals surface area contributed by atoms with E-state index in [0.717, 1.165) is 16.6 Å². The molecule has 1 heterocycles. The van der Waals surface area contributed by atoms with E-state index in [1.165, 1.54) is 0 Å². The molecule has 0 saturated carbocycles. The van der Waals surface area contributed by atoms with Crippen molar-refractivity contribution in [1.82, 2.24) is 9.97 Å². The van der Waals surface area contributed by atoms with Crippen LogP contribution in [-0.4, -0.2) is 30.4 Å². The molecular formula is C16H15ClN4O2. The number of nitrogens with one attached hydrogen (secondary N) is 2. The molecule has 23 heavy (non-hydrogen) atoms. The van der Waals surface area contributed by atoms with Gasteiger partial charge in [-0.05, 0) is 18.2 Å². The van der Waals surface area contributed by atoms with E-state index >= 15 is 0 Å². The van der Waals surface area contributed by atoms with Gasteiger partial charge in [-0.2, -0.15) is 5.10 Å². The number of hydrogen-bond acceptors (Lipinski definition) is 5. The van der Waals surface area contributed by atoms with Gasteiger partial charge in [-0.1, -0.05) is 23.7 Å². The molecule has 0 aliphatic rings. The molecule has 0 aliphatic heterocycles. The number of ether oxygens (including phenoxy) is 2. The van der Waals surface area contributed by atoms with Crippen molar-refractivity contribution >= 4 is 34.8 Å². The second kappa shape index (κ2) is 6.58. The number of aromatic nitrogens is 2. The smallest absolute Gasteiger partial charge is 0.222 e. The van der Waals surface area contributed by atoms with Gasteiger partial charge in [-0.3, -0.25) is 0 Å². The van der Waals surface area contributed by atoms with Gasteiger partial charge in [-0.25, -0.2) is 10.4 Å². The van der Waals surface area contributed by atoms with Crippen molar-refractivity contribution in [2.24, 2.45) is 5.10 Å². The Hall–Kier alpha value is -2.73. The maximum Gasteiger partial charge on any atom is 0.222 e. The Balaban J connectivity index is 1.81. The van der Waals surface area contributed by atoms with E-state index in [1.807, 2.05) is 24.3 Å². The van der Waals surface area contributed by atoms with Gasteiger partial charge in [0.2, 0.25) is 5.95 Å². The first kappa shape index (κ1) is 15.2. The second-order valence-corrected chi connectivity index (χ2v) is 5.11. The second-order valence-electron chi connectivity index (χ2n) is 4.70. The summed E-state index contributed by atoms with van der Waals surface area (Å²) in [5.41, 5.74) is 5.39. The fraction of sp³-hybridized carbons (Fsp3) is 0.125. The van der Waals surface area contributed by atoms with Crippen LogP contribution in [0.5, 0.6) is 11.5 Å². The minimum absolute atomic E-state index is 0.485. The third kappa shape index (κ3) is 3.22. The summed E-state index contributed by atoms with van der Waals surface area (Å²) >= 11 is 6.13. The average Bonchev–Trinajstić information content (AvgIpc) is 2.98. The molecule has 0 fully saturated rings. The van der Waals surface area contributed by atoms with Crippen LogP contribution >= 0.6 is 11.6 Å². The first-order chi connectivity index (χ1) is 11.2. The summed E-state index contributed by atoms with van der Waals surface area (Å²) in [5, 5.41) is 4.65. The highest BCUT2D eigenvalue weighted by Crippen LogP contribution is 2.31. The Morgan fingerprint density at radius 1 is 1.17 bits per heavy atom. The number of benzene rings is 2. The summed E-state index contributed by atoms with van der Waals surface area (Å²) in [4.78, 5) is 7.50. The van der Waals surface area contributed by atoms with E-state index in [4.69, 9.17) is 21.1 Å². The van der Waals surface area contributed by atoms with Crippen LogP contribution in [0.2, 0.25) is 5.02 Å². The molecule has 7 heteroatoms. The van der Waals surface area contributed by atoms with E-state index in [-0.39, 0.29) is 0 Å². The number of rotatable bonds is 5. The SMILES string of the molecule is COc1cc(OC)c(/C=N\Nc2nc3ccccc3[nH]2)cc1Cl. The third-order valence-electron chi connectivity index (χ3n) is 3.27. The highest BCUT2D eigenvalue weighted by atomic mass is 35.5. The maximum absolute atomic E-state index is 6.13. The molecule has 0 bridgehead atoms. The number of aromatic amines is 1. The van der Waals surface area contributed by atoms with Crippen molar-refractivity contribution in [1.29, 1.82) is 0 Å². The van der Waals surface area contributed by atoms with Gasteiger partial charge < -0.3 is 14.5 Å². The number of hydrogen-bond donors (Lipinski definition) is 2. The van der Waals surface area contributed by atoms with Crippen LogP contribution in [0, 0.1) is 0 Å². The predicted octanol–water partition coefficient (Wildman–Crippen LogP) is 3.68. The highest BCUT2D eigenvalue weighted by molar-refractivity contribution is 6.32. The molecule has 0 spiro atoms. The standard InChI is InChI=1S/C16H15ClN4O2/c1-22-14-8-15(23-2)11(17)7-10(14)9-18-21-16-19-12-5-3-4-6-13(12)20-16/h3-9H,1-2H3,(H2,19,20,21)/b18-9-. The van der Waals surface area contributed by atoms with Crippen LogP contribution < -0.4 is 14.9 Å². The lowest BCUT2D eigenvalue weighted by Crippen LogP contribution is -1.96. The third-order valence-corrected chi connectivity index (χ3v) is 3.56. The van der Waals surface area contributed by atoms with Crippen molar-refractivity contribution in [3.63, 3.8) is 0 Å². The molecule has 0 aliphatic carbocycles. The van der Waals surface area contributed by atoms with Crippen molar-refractivity contribution in [3.8, 4) is 11.5 Å². The Labute approximate surface area is 138 Å². The summed E-state index contributed by atoms with van der Waals surface area (Å²) < 4.78 is 10.5. The largest absolute Gasteiger partial charge is 0.496 e. The molecule has 3 rings (SSSR count). The Kier molecular flexibility index (Phi) is 4.34. The lowest BCUT2D eigenvalue weighted by atomic mass is 10.2. The molecule has 6 nitrogen and oxygen atoms in total. The van der Waals surface area contributed by atoms with Gasteiger partial charge in [0.25, 0.3) is 0 Å². The Morgan fingerprint density at radius 3 is 2.70 bits per heavy atom. The molecule has 2 aromatic carbocycles. The fourth-order valence-corrected chi connectivity index (χ4v) is 2.40. The molecule has 3 aromatic rings. The molecule has 0 saturated heterocycles. The zero-order valence-electron chi connectivity index (χ0n) is 12.6. The Morgan fingerprint density at radius 2 is 1.96 bits per heavy atom. The molecule has 1 aromatic heterocycles. The first-order valence-corrected chi connectivity index (χ1v) is 7.24. The highest BCUT2D eigenvalue weighted by Gasteiger charge is 2.08. The van der Waals surface area contributed by atoms with Crippen LogP contribution in [-0.2, 0) is 0 Å². The van der Waals surface area contributed by atoms with Gasteiger partial charge in [0.1, 0.15) is 11.5 Å². The summed E-state index contributed by atoms with van der Waals surface area (Å²) in [7, 11) is 3.13. The fourth-order valence-electron chi connectivity index (χ4n) is 2.15. The minimum Gasteiger partial charge on any atom is -0.496 e. The number of nitrogens with zero attached hydrogens (tertiary/aromatic N) is 2. The Bertz CT molecular complexity index is 827. The van der Waals surface area contributed by atoms with E-state index in [0.29, 0.717) is 22.5 Å². The van der Waals surface area contributed by atoms with Gasteiger partial charge >= 0.3 is 0 Å². The minimum atomic E-state index is 0.485. The number of H-pyrrole nitrogens is 1. The quantitative estimate of drug-likeness (QED) is 0.553. The summed E-state index contributed by atoms with van der Waals surface area (Å²) in [5.74, 6) is 1.72.